The van der Waals surface area contributed by atoms with E-state index >= 15 is 0 Å². The molecule has 0 saturated carbocycles. The van der Waals surface area contributed by atoms with Gasteiger partial charge in [0.15, 0.2) is 0 Å². The van der Waals surface area contributed by atoms with Crippen LogP contribution in [0.1, 0.15) is 31.9 Å². The fourth-order valence-corrected chi connectivity index (χ4v) is 2.77. The lowest BCUT2D eigenvalue weighted by Crippen LogP contribution is -2.49. The number of hydrogen-bond donors (Lipinski definition) is 1. The smallest absolute Gasteiger partial charge is 0.224 e. The molecular formula is C18H29N3O2. The van der Waals surface area contributed by atoms with Gasteiger partial charge in [0, 0.05) is 45.2 Å². The number of nitrogens with two attached hydrogens (primary N) is 1. The molecule has 0 radical (unpaired) electrons. The fraction of sp³-hybridized carbons (Fsp3) is 0.611. The Hall–Kier alpha value is -1.43. The van der Waals surface area contributed by atoms with Crippen LogP contribution in [0.4, 0.5) is 0 Å². The quantitative estimate of drug-likeness (QED) is 0.830. The van der Waals surface area contributed by atoms with E-state index in [1.165, 1.54) is 0 Å². The molecule has 1 atom stereocenters. The lowest BCUT2D eigenvalue weighted by Gasteiger charge is -2.35. The number of nitrogens with zero attached hydrogens (tertiary/aromatic N) is 2. The number of rotatable bonds is 7. The molecular weight excluding hydrogens is 290 g/mol. The van der Waals surface area contributed by atoms with Crippen molar-refractivity contribution >= 4 is 5.91 Å². The maximum atomic E-state index is 12.4. The lowest BCUT2D eigenvalue weighted by atomic mass is 10.0. The van der Waals surface area contributed by atoms with Crippen molar-refractivity contribution < 1.29 is 9.53 Å². The molecule has 1 amide bonds. The molecule has 0 aromatic heterocycles. The summed E-state index contributed by atoms with van der Waals surface area (Å²) >= 11 is 0. The number of ether oxygens (including phenoxy) is 1. The minimum absolute atomic E-state index is 0.152. The molecule has 1 aromatic carbocycles. The number of carbonyl (C=O) groups is 1. The van der Waals surface area contributed by atoms with Crippen LogP contribution in [-0.2, 0) is 9.53 Å². The topological polar surface area (TPSA) is 58.8 Å². The van der Waals surface area contributed by atoms with Crippen LogP contribution >= 0.6 is 0 Å². The first-order chi connectivity index (χ1) is 11.1. The predicted molar refractivity (Wildman–Crippen MR) is 92.1 cm³/mol. The Bertz CT molecular complexity index is 470. The van der Waals surface area contributed by atoms with Crippen LogP contribution in [0.2, 0.25) is 0 Å². The average Bonchev–Trinajstić information content (AvgIpc) is 2.56. The van der Waals surface area contributed by atoms with Gasteiger partial charge in [0.05, 0.1) is 12.7 Å². The van der Waals surface area contributed by atoms with E-state index in [1.807, 2.05) is 49.1 Å². The van der Waals surface area contributed by atoms with Crippen molar-refractivity contribution in [2.45, 2.75) is 32.4 Å². The second-order valence-electron chi connectivity index (χ2n) is 6.36. The summed E-state index contributed by atoms with van der Waals surface area (Å²) in [4.78, 5) is 16.7. The standard InChI is InChI=1S/C18H29N3O2/c1-15(2)23-13-12-20-8-10-21(11-9-20)18(22)14-17(19)16-6-4-3-5-7-16/h3-7,15,17H,8-14,19H2,1-2H3. The van der Waals surface area contributed by atoms with Crippen LogP contribution in [0.15, 0.2) is 30.3 Å². The van der Waals surface area contributed by atoms with Crippen molar-refractivity contribution in [3.63, 3.8) is 0 Å². The average molecular weight is 319 g/mol. The van der Waals surface area contributed by atoms with Crippen molar-refractivity contribution in [2.24, 2.45) is 5.73 Å². The second-order valence-corrected chi connectivity index (χ2v) is 6.36. The van der Waals surface area contributed by atoms with E-state index in [0.29, 0.717) is 6.42 Å². The predicted octanol–water partition coefficient (Wildman–Crippen LogP) is 1.65. The molecule has 0 aliphatic carbocycles. The summed E-state index contributed by atoms with van der Waals surface area (Å²) in [5.74, 6) is 0.152. The zero-order valence-corrected chi connectivity index (χ0v) is 14.3. The molecule has 1 unspecified atom stereocenters. The zero-order valence-electron chi connectivity index (χ0n) is 14.3. The SMILES string of the molecule is CC(C)OCCN1CCN(C(=O)CC(N)c2ccccc2)CC1. The van der Waals surface area contributed by atoms with Gasteiger partial charge in [-0.2, -0.15) is 0 Å². The third kappa shape index (κ3) is 5.94. The lowest BCUT2D eigenvalue weighted by molar-refractivity contribution is -0.133. The van der Waals surface area contributed by atoms with Gasteiger partial charge in [0.1, 0.15) is 0 Å². The first-order valence-corrected chi connectivity index (χ1v) is 8.48. The maximum Gasteiger partial charge on any atom is 0.224 e. The van der Waals surface area contributed by atoms with Gasteiger partial charge in [-0.3, -0.25) is 9.69 Å². The maximum absolute atomic E-state index is 12.4. The first-order valence-electron chi connectivity index (χ1n) is 8.48. The third-order valence-corrected chi connectivity index (χ3v) is 4.21. The normalized spacial score (nSPS) is 17.5. The Morgan fingerprint density at radius 1 is 1.17 bits per heavy atom. The minimum Gasteiger partial charge on any atom is -0.377 e. The number of hydrogen-bond acceptors (Lipinski definition) is 4. The van der Waals surface area contributed by atoms with Gasteiger partial charge in [-0.25, -0.2) is 0 Å². The minimum atomic E-state index is -0.221. The highest BCUT2D eigenvalue weighted by molar-refractivity contribution is 5.77. The molecule has 1 fully saturated rings. The van der Waals surface area contributed by atoms with Gasteiger partial charge < -0.3 is 15.4 Å². The molecule has 1 aromatic rings. The van der Waals surface area contributed by atoms with Crippen molar-refractivity contribution in [2.75, 3.05) is 39.3 Å². The van der Waals surface area contributed by atoms with E-state index in [1.54, 1.807) is 0 Å². The van der Waals surface area contributed by atoms with Crippen LogP contribution in [0.3, 0.4) is 0 Å². The van der Waals surface area contributed by atoms with Crippen LogP contribution in [0.5, 0.6) is 0 Å². The van der Waals surface area contributed by atoms with E-state index in [-0.39, 0.29) is 18.1 Å². The summed E-state index contributed by atoms with van der Waals surface area (Å²) in [6.45, 7) is 9.17. The number of benzene rings is 1. The van der Waals surface area contributed by atoms with E-state index in [0.717, 1.165) is 44.9 Å². The van der Waals surface area contributed by atoms with E-state index in [9.17, 15) is 4.79 Å². The van der Waals surface area contributed by atoms with Crippen LogP contribution in [0.25, 0.3) is 0 Å². The van der Waals surface area contributed by atoms with Gasteiger partial charge in [-0.05, 0) is 19.4 Å². The van der Waals surface area contributed by atoms with Crippen LogP contribution < -0.4 is 5.73 Å². The van der Waals surface area contributed by atoms with Crippen molar-refractivity contribution in [1.82, 2.24) is 9.80 Å². The largest absolute Gasteiger partial charge is 0.377 e. The molecule has 128 valence electrons. The summed E-state index contributed by atoms with van der Waals surface area (Å²) in [6, 6.07) is 9.60. The van der Waals surface area contributed by atoms with Crippen molar-refractivity contribution in [3.8, 4) is 0 Å². The van der Waals surface area contributed by atoms with Gasteiger partial charge in [-0.15, -0.1) is 0 Å². The van der Waals surface area contributed by atoms with Gasteiger partial charge >= 0.3 is 0 Å². The third-order valence-electron chi connectivity index (χ3n) is 4.21. The molecule has 1 aliphatic heterocycles. The van der Waals surface area contributed by atoms with Gasteiger partial charge in [-0.1, -0.05) is 30.3 Å². The molecule has 1 heterocycles. The number of amides is 1. The van der Waals surface area contributed by atoms with Gasteiger partial charge in [0.2, 0.25) is 5.91 Å². The zero-order chi connectivity index (χ0) is 16.7. The van der Waals surface area contributed by atoms with Crippen LogP contribution in [-0.4, -0.2) is 61.1 Å². The number of piperazine rings is 1. The summed E-state index contributed by atoms with van der Waals surface area (Å²) < 4.78 is 5.58. The van der Waals surface area contributed by atoms with E-state index < -0.39 is 0 Å². The Morgan fingerprint density at radius 3 is 2.43 bits per heavy atom. The Labute approximate surface area is 139 Å². The highest BCUT2D eigenvalue weighted by Crippen LogP contribution is 2.15. The molecule has 0 bridgehead atoms. The molecule has 1 aliphatic rings. The fourth-order valence-electron chi connectivity index (χ4n) is 2.77. The van der Waals surface area contributed by atoms with Crippen molar-refractivity contribution in [1.29, 1.82) is 0 Å². The summed E-state index contributed by atoms with van der Waals surface area (Å²) in [7, 11) is 0. The van der Waals surface area contributed by atoms with Crippen LogP contribution in [0, 0.1) is 0 Å². The Morgan fingerprint density at radius 2 is 1.83 bits per heavy atom. The summed E-state index contributed by atoms with van der Waals surface area (Å²) in [5.41, 5.74) is 7.17. The second kappa shape index (κ2) is 9.01. The summed E-state index contributed by atoms with van der Waals surface area (Å²) in [6.07, 6.45) is 0.651. The van der Waals surface area contributed by atoms with E-state index in [2.05, 4.69) is 4.90 Å². The molecule has 0 spiro atoms. The highest BCUT2D eigenvalue weighted by atomic mass is 16.5. The number of carbonyl (C=O) groups excluding carboxylic acids is 1. The monoisotopic (exact) mass is 319 g/mol. The molecule has 2 rings (SSSR count). The molecule has 23 heavy (non-hydrogen) atoms. The van der Waals surface area contributed by atoms with E-state index in [4.69, 9.17) is 10.5 Å². The molecule has 5 nitrogen and oxygen atoms in total. The molecule has 5 heteroatoms. The Kier molecular flexibility index (Phi) is 7.02. The molecule has 1 saturated heterocycles. The summed E-state index contributed by atoms with van der Waals surface area (Å²) in [5, 5.41) is 0. The Balaban J connectivity index is 1.71. The van der Waals surface area contributed by atoms with Gasteiger partial charge in [0.25, 0.3) is 0 Å². The van der Waals surface area contributed by atoms with Crippen molar-refractivity contribution in [3.05, 3.63) is 35.9 Å². The molecule has 2 N–H and O–H groups in total. The first kappa shape index (κ1) is 17.9. The highest BCUT2D eigenvalue weighted by Gasteiger charge is 2.22.